The first-order valence-corrected chi connectivity index (χ1v) is 10.9. The van der Waals surface area contributed by atoms with Gasteiger partial charge in [0.25, 0.3) is 5.91 Å². The number of piperidine rings is 1. The van der Waals surface area contributed by atoms with Crippen molar-refractivity contribution in [3.8, 4) is 11.5 Å². The summed E-state index contributed by atoms with van der Waals surface area (Å²) in [5, 5.41) is 0. The molecule has 2 N–H and O–H groups in total. The van der Waals surface area contributed by atoms with Crippen LogP contribution in [-0.2, 0) is 4.79 Å². The van der Waals surface area contributed by atoms with E-state index in [0.717, 1.165) is 12.8 Å². The van der Waals surface area contributed by atoms with Crippen LogP contribution >= 0.6 is 0 Å². The molecule has 2 saturated heterocycles. The molecular formula is C23H27N5O5. The number of urea groups is 1. The van der Waals surface area contributed by atoms with Crippen molar-refractivity contribution in [2.24, 2.45) is 5.73 Å². The molecular weight excluding hydrogens is 426 g/mol. The Labute approximate surface area is 191 Å². The van der Waals surface area contributed by atoms with E-state index >= 15 is 0 Å². The Balaban J connectivity index is 1.35. The Bertz CT molecular complexity index is 1050. The number of primary amides is 1. The van der Waals surface area contributed by atoms with Crippen molar-refractivity contribution in [1.29, 1.82) is 0 Å². The molecule has 174 valence electrons. The first-order valence-electron chi connectivity index (χ1n) is 10.9. The molecule has 1 atom stereocenters. The van der Waals surface area contributed by atoms with E-state index in [0.29, 0.717) is 43.4 Å². The quantitative estimate of drug-likeness (QED) is 0.679. The summed E-state index contributed by atoms with van der Waals surface area (Å²) in [6.45, 7) is 1.98. The maximum Gasteiger partial charge on any atom is 0.325 e. The molecule has 0 spiro atoms. The molecule has 0 saturated carbocycles. The molecule has 2 aliphatic heterocycles. The first kappa shape index (κ1) is 22.4. The van der Waals surface area contributed by atoms with Crippen molar-refractivity contribution < 1.29 is 23.9 Å². The van der Waals surface area contributed by atoms with Gasteiger partial charge in [0.05, 0.1) is 19.3 Å². The highest BCUT2D eigenvalue weighted by atomic mass is 16.5. The number of nitrogens with zero attached hydrogens (tertiary/aromatic N) is 4. The predicted octanol–water partition coefficient (Wildman–Crippen LogP) is 1.50. The maximum absolute atomic E-state index is 13.0. The number of methoxy groups -OCH3 is 1. The van der Waals surface area contributed by atoms with Crippen LogP contribution in [0.3, 0.4) is 0 Å². The molecule has 4 rings (SSSR count). The van der Waals surface area contributed by atoms with Crippen LogP contribution in [0.2, 0.25) is 0 Å². The van der Waals surface area contributed by atoms with Crippen molar-refractivity contribution >= 4 is 23.5 Å². The Hall–Kier alpha value is -3.82. The third-order valence-corrected chi connectivity index (χ3v) is 5.81. The second-order valence-electron chi connectivity index (χ2n) is 7.99. The summed E-state index contributed by atoms with van der Waals surface area (Å²) in [6.07, 6.45) is 2.81. The molecule has 0 radical (unpaired) electrons. The second-order valence-corrected chi connectivity index (χ2v) is 7.99. The molecule has 0 aliphatic carbocycles. The van der Waals surface area contributed by atoms with Crippen LogP contribution in [-0.4, -0.2) is 78.6 Å². The fourth-order valence-corrected chi connectivity index (χ4v) is 4.14. The standard InChI is InChI=1S/C23H27N5O5/c1-32-20-7-3-2-6-19(20)28-12-11-27(23(28)31)15-21(29)26-10-4-5-17(14-26)33-16-8-9-25-18(13-16)22(24)30/h2-3,6-9,13,17H,4-5,10-12,14-15H2,1H3,(H2,24,30). The summed E-state index contributed by atoms with van der Waals surface area (Å²) in [4.78, 5) is 46.1. The molecule has 10 heteroatoms. The van der Waals surface area contributed by atoms with Crippen LogP contribution in [0.1, 0.15) is 23.3 Å². The van der Waals surface area contributed by atoms with Crippen LogP contribution < -0.4 is 20.1 Å². The number of benzene rings is 1. The van der Waals surface area contributed by atoms with Gasteiger partial charge in [-0.3, -0.25) is 19.5 Å². The number of pyridine rings is 1. The fraction of sp³-hybridized carbons (Fsp3) is 0.391. The summed E-state index contributed by atoms with van der Waals surface area (Å²) < 4.78 is 11.3. The Morgan fingerprint density at radius 1 is 1.18 bits per heavy atom. The van der Waals surface area contributed by atoms with Crippen LogP contribution in [0.4, 0.5) is 10.5 Å². The number of nitrogens with two attached hydrogens (primary N) is 1. The van der Waals surface area contributed by atoms with Crippen molar-refractivity contribution in [1.82, 2.24) is 14.8 Å². The number of aromatic nitrogens is 1. The molecule has 10 nitrogen and oxygen atoms in total. The lowest BCUT2D eigenvalue weighted by Gasteiger charge is -2.33. The zero-order chi connectivity index (χ0) is 23.4. The van der Waals surface area contributed by atoms with Gasteiger partial charge in [0.2, 0.25) is 5.91 Å². The van der Waals surface area contributed by atoms with E-state index in [1.54, 1.807) is 33.9 Å². The van der Waals surface area contributed by atoms with Crippen molar-refractivity contribution in [3.05, 3.63) is 48.3 Å². The van der Waals surface area contributed by atoms with Gasteiger partial charge in [-0.1, -0.05) is 12.1 Å². The molecule has 1 aromatic heterocycles. The molecule has 0 bridgehead atoms. The van der Waals surface area contributed by atoms with Crippen molar-refractivity contribution in [3.63, 3.8) is 0 Å². The van der Waals surface area contributed by atoms with Gasteiger partial charge in [-0.2, -0.15) is 0 Å². The number of para-hydroxylation sites is 2. The summed E-state index contributed by atoms with van der Waals surface area (Å²) in [5.41, 5.74) is 6.10. The highest BCUT2D eigenvalue weighted by Crippen LogP contribution is 2.30. The third-order valence-electron chi connectivity index (χ3n) is 5.81. The number of hydrogen-bond donors (Lipinski definition) is 1. The Morgan fingerprint density at radius 2 is 2.00 bits per heavy atom. The maximum atomic E-state index is 13.0. The van der Waals surface area contributed by atoms with Gasteiger partial charge in [-0.15, -0.1) is 0 Å². The highest BCUT2D eigenvalue weighted by Gasteiger charge is 2.34. The number of likely N-dealkylation sites (tertiary alicyclic amines) is 1. The van der Waals surface area contributed by atoms with E-state index in [1.165, 1.54) is 12.3 Å². The second kappa shape index (κ2) is 9.76. The lowest BCUT2D eigenvalue weighted by molar-refractivity contribution is -0.134. The smallest absolute Gasteiger partial charge is 0.325 e. The van der Waals surface area contributed by atoms with Crippen LogP contribution in [0.25, 0.3) is 0 Å². The van der Waals surface area contributed by atoms with Gasteiger partial charge >= 0.3 is 6.03 Å². The zero-order valence-electron chi connectivity index (χ0n) is 18.5. The minimum Gasteiger partial charge on any atom is -0.495 e. The normalized spacial score (nSPS) is 18.4. The lowest BCUT2D eigenvalue weighted by Crippen LogP contribution is -2.48. The number of rotatable bonds is 7. The average Bonchev–Trinajstić information content (AvgIpc) is 3.19. The van der Waals surface area contributed by atoms with Gasteiger partial charge in [-0.25, -0.2) is 4.79 Å². The molecule has 4 amide bonds. The molecule has 2 aromatic rings. The number of carbonyl (C=O) groups excluding carboxylic acids is 3. The van der Waals surface area contributed by atoms with Gasteiger partial charge in [-0.05, 0) is 31.0 Å². The largest absolute Gasteiger partial charge is 0.495 e. The summed E-state index contributed by atoms with van der Waals surface area (Å²) >= 11 is 0. The van der Waals surface area contributed by atoms with Gasteiger partial charge < -0.3 is 25.0 Å². The van der Waals surface area contributed by atoms with E-state index in [4.69, 9.17) is 15.2 Å². The average molecular weight is 453 g/mol. The fourth-order valence-electron chi connectivity index (χ4n) is 4.14. The zero-order valence-corrected chi connectivity index (χ0v) is 18.5. The van der Waals surface area contributed by atoms with E-state index in [2.05, 4.69) is 4.98 Å². The van der Waals surface area contributed by atoms with Crippen LogP contribution in [0, 0.1) is 0 Å². The van der Waals surface area contributed by atoms with Crippen molar-refractivity contribution in [2.45, 2.75) is 18.9 Å². The minimum atomic E-state index is -0.627. The minimum absolute atomic E-state index is 0.0122. The van der Waals surface area contributed by atoms with Crippen LogP contribution in [0.15, 0.2) is 42.6 Å². The third kappa shape index (κ3) is 5.00. The van der Waals surface area contributed by atoms with Crippen LogP contribution in [0.5, 0.6) is 11.5 Å². The van der Waals surface area contributed by atoms with E-state index in [9.17, 15) is 14.4 Å². The van der Waals surface area contributed by atoms with Gasteiger partial charge in [0, 0.05) is 31.9 Å². The first-order chi connectivity index (χ1) is 16.0. The Kier molecular flexibility index (Phi) is 6.62. The van der Waals surface area contributed by atoms with E-state index in [1.807, 2.05) is 18.2 Å². The predicted molar refractivity (Wildman–Crippen MR) is 120 cm³/mol. The number of carbonyl (C=O) groups is 3. The van der Waals surface area contributed by atoms with E-state index < -0.39 is 5.91 Å². The summed E-state index contributed by atoms with van der Waals surface area (Å²) in [7, 11) is 1.57. The number of hydrogen-bond acceptors (Lipinski definition) is 6. The highest BCUT2D eigenvalue weighted by molar-refractivity contribution is 5.97. The molecule has 1 unspecified atom stereocenters. The van der Waals surface area contributed by atoms with Crippen molar-refractivity contribution in [2.75, 3.05) is 44.7 Å². The van der Waals surface area contributed by atoms with Gasteiger partial charge in [0.15, 0.2) is 0 Å². The molecule has 1 aromatic carbocycles. The Morgan fingerprint density at radius 3 is 2.79 bits per heavy atom. The monoisotopic (exact) mass is 453 g/mol. The SMILES string of the molecule is COc1ccccc1N1CCN(CC(=O)N2CCCC(Oc3ccnc(C(N)=O)c3)C2)C1=O. The summed E-state index contributed by atoms with van der Waals surface area (Å²) in [6, 6.07) is 10.3. The molecule has 2 fully saturated rings. The molecule has 2 aliphatic rings. The van der Waals surface area contributed by atoms with Gasteiger partial charge in [0.1, 0.15) is 29.8 Å². The molecule has 3 heterocycles. The lowest BCUT2D eigenvalue weighted by atomic mass is 10.1. The number of amides is 4. The topological polar surface area (TPSA) is 118 Å². The molecule has 33 heavy (non-hydrogen) atoms. The van der Waals surface area contributed by atoms with E-state index in [-0.39, 0.29) is 30.3 Å². The summed E-state index contributed by atoms with van der Waals surface area (Å²) in [5.74, 6) is 0.357. The number of ether oxygens (including phenoxy) is 2. The number of anilines is 1.